The van der Waals surface area contributed by atoms with Crippen LogP contribution in [-0.2, 0) is 28.1 Å². The van der Waals surface area contributed by atoms with E-state index in [1.807, 2.05) is 0 Å². The molecule has 10 rings (SSSR count). The van der Waals surface area contributed by atoms with Gasteiger partial charge in [-0.05, 0) is 115 Å². The highest BCUT2D eigenvalue weighted by Crippen LogP contribution is 2.55. The van der Waals surface area contributed by atoms with Gasteiger partial charge in [0.05, 0.1) is 0 Å². The summed E-state index contributed by atoms with van der Waals surface area (Å²) in [6.07, 6.45) is 0.954. The lowest BCUT2D eigenvalue weighted by atomic mass is 9.73. The Labute approximate surface area is 419 Å². The summed E-state index contributed by atoms with van der Waals surface area (Å²) in [5.74, 6) is 3.85. The van der Waals surface area contributed by atoms with Crippen LogP contribution in [0.5, 0.6) is 23.0 Å². The monoisotopic (exact) mass is 935 g/mol. The van der Waals surface area contributed by atoms with E-state index in [0.29, 0.717) is 0 Å². The molecule has 8 aromatic rings. The Morgan fingerprint density at radius 3 is 1.27 bits per heavy atom. The van der Waals surface area contributed by atoms with Gasteiger partial charge in [0.2, 0.25) is 0 Å². The molecule has 0 radical (unpaired) electrons. The van der Waals surface area contributed by atoms with Gasteiger partial charge < -0.3 is 9.47 Å². The molecule has 2 aliphatic heterocycles. The number of fused-ring (bicyclic) bond motifs is 4. The second kappa shape index (κ2) is 16.9. The molecule has 2 nitrogen and oxygen atoms in total. The molecule has 2 heterocycles. The van der Waals surface area contributed by atoms with Crippen LogP contribution in [0, 0.1) is 20.8 Å². The first kappa shape index (κ1) is 47.3. The Hall–Kier alpha value is -6.42. The lowest BCUT2D eigenvalue weighted by Crippen LogP contribution is -2.74. The molecule has 70 heavy (non-hydrogen) atoms. The van der Waals surface area contributed by atoms with Gasteiger partial charge >= 0.3 is 0 Å². The highest BCUT2D eigenvalue weighted by molar-refractivity contribution is 7.20. The van der Waals surface area contributed by atoms with Gasteiger partial charge in [-0.2, -0.15) is 0 Å². The fourth-order valence-electron chi connectivity index (χ4n) is 12.0. The van der Waals surface area contributed by atoms with Gasteiger partial charge in [-0.15, -0.1) is 0 Å². The summed E-state index contributed by atoms with van der Waals surface area (Å²) in [4.78, 5) is 0. The summed E-state index contributed by atoms with van der Waals surface area (Å²) in [5.41, 5.74) is 16.3. The molecule has 0 fully saturated rings. The lowest BCUT2D eigenvalue weighted by molar-refractivity contribution is 0.418. The van der Waals surface area contributed by atoms with Crippen LogP contribution >= 0.6 is 0 Å². The first-order chi connectivity index (χ1) is 33.2. The van der Waals surface area contributed by atoms with Crippen LogP contribution in [0.15, 0.2) is 158 Å². The van der Waals surface area contributed by atoms with Crippen LogP contribution in [0.2, 0.25) is 0 Å². The molecule has 354 valence electrons. The summed E-state index contributed by atoms with van der Waals surface area (Å²) in [6, 6.07) is 60.6. The van der Waals surface area contributed by atoms with E-state index in [2.05, 4.69) is 255 Å². The zero-order valence-corrected chi connectivity index (χ0v) is 45.0. The second-order valence-electron chi connectivity index (χ2n) is 23.4. The molecule has 0 amide bonds. The van der Waals surface area contributed by atoms with Gasteiger partial charge in [0.15, 0.2) is 8.07 Å². The van der Waals surface area contributed by atoms with Crippen LogP contribution in [0.1, 0.15) is 132 Å². The highest BCUT2D eigenvalue weighted by Gasteiger charge is 2.45. The van der Waals surface area contributed by atoms with Crippen molar-refractivity contribution in [2.75, 3.05) is 0 Å². The highest BCUT2D eigenvalue weighted by atomic mass is 28.3. The zero-order valence-electron chi connectivity index (χ0n) is 44.0. The van der Waals surface area contributed by atoms with Crippen molar-refractivity contribution in [1.82, 2.24) is 0 Å². The van der Waals surface area contributed by atoms with Gasteiger partial charge in [0.1, 0.15) is 23.0 Å². The van der Waals surface area contributed by atoms with Gasteiger partial charge in [-0.1, -0.05) is 222 Å². The van der Waals surface area contributed by atoms with E-state index in [0.717, 1.165) is 29.4 Å². The fourth-order valence-corrected chi connectivity index (χ4v) is 16.8. The van der Waals surface area contributed by atoms with Crippen molar-refractivity contribution in [3.8, 4) is 45.3 Å². The Morgan fingerprint density at radius 1 is 0.429 bits per heavy atom. The smallest absolute Gasteiger partial charge is 0.179 e. The van der Waals surface area contributed by atoms with E-state index >= 15 is 0 Å². The minimum atomic E-state index is -3.17. The molecule has 2 aliphatic rings. The normalized spacial score (nSPS) is 14.7. The number of rotatable bonds is 7. The third-order valence-corrected chi connectivity index (χ3v) is 20.7. The van der Waals surface area contributed by atoms with Crippen molar-refractivity contribution < 1.29 is 9.47 Å². The minimum absolute atomic E-state index is 0.166. The Kier molecular flexibility index (Phi) is 11.4. The van der Waals surface area contributed by atoms with E-state index in [-0.39, 0.29) is 21.7 Å². The third-order valence-electron chi connectivity index (χ3n) is 15.9. The molecule has 0 bridgehead atoms. The van der Waals surface area contributed by atoms with Crippen LogP contribution in [0.4, 0.5) is 0 Å². The Morgan fingerprint density at radius 2 is 0.843 bits per heavy atom. The predicted octanol–water partition coefficient (Wildman–Crippen LogP) is 15.3. The topological polar surface area (TPSA) is 18.5 Å². The average molecular weight is 935 g/mol. The van der Waals surface area contributed by atoms with Crippen molar-refractivity contribution in [3.63, 3.8) is 0 Å². The SMILES string of the molecule is CCc1ccc2c(c1)Oc1c(ccc(C)c1-c1cc([Si](c3ccccc3)(c3ccccc3)c3ccc(C(C)(C)C)c(-c4c(C)ccc5c4Oc4cc(C)ccc4C5(C)C)c3)ccc1C(C)(C)C)C2(C)C. The molecule has 0 N–H and O–H groups in total. The average Bonchev–Trinajstić information content (AvgIpc) is 3.31. The van der Waals surface area contributed by atoms with Crippen LogP contribution < -0.4 is 30.2 Å². The molecule has 0 spiro atoms. The molecule has 0 aliphatic carbocycles. The number of aryl methyl sites for hydroxylation is 4. The maximum Gasteiger partial charge on any atom is 0.179 e. The quantitative estimate of drug-likeness (QED) is 0.117. The second-order valence-corrected chi connectivity index (χ2v) is 27.2. The number of ether oxygens (including phenoxy) is 2. The summed E-state index contributed by atoms with van der Waals surface area (Å²) >= 11 is 0. The largest absolute Gasteiger partial charge is 0.456 e. The molecule has 0 saturated heterocycles. The van der Waals surface area contributed by atoms with E-state index in [9.17, 15) is 0 Å². The van der Waals surface area contributed by atoms with Gasteiger partial charge in [0.25, 0.3) is 0 Å². The van der Waals surface area contributed by atoms with Crippen LogP contribution in [-0.4, -0.2) is 8.07 Å². The van der Waals surface area contributed by atoms with E-state index in [1.54, 1.807) is 0 Å². The van der Waals surface area contributed by atoms with Crippen LogP contribution in [0.3, 0.4) is 0 Å². The van der Waals surface area contributed by atoms with Gasteiger partial charge in [-0.3, -0.25) is 0 Å². The summed E-state index contributed by atoms with van der Waals surface area (Å²) < 4.78 is 14.5. The van der Waals surface area contributed by atoms with E-state index in [1.165, 1.54) is 98.6 Å². The summed E-state index contributed by atoms with van der Waals surface area (Å²) in [7, 11) is -3.17. The van der Waals surface area contributed by atoms with Crippen molar-refractivity contribution in [1.29, 1.82) is 0 Å². The number of hydrogen-bond donors (Lipinski definition) is 0. The first-order valence-electron chi connectivity index (χ1n) is 25.5. The van der Waals surface area contributed by atoms with E-state index < -0.39 is 8.07 Å². The van der Waals surface area contributed by atoms with Gasteiger partial charge in [0, 0.05) is 44.2 Å². The number of benzene rings is 8. The molecular weight excluding hydrogens is 865 g/mol. The third kappa shape index (κ3) is 7.50. The number of hydrogen-bond acceptors (Lipinski definition) is 2. The van der Waals surface area contributed by atoms with Crippen molar-refractivity contribution >= 4 is 28.8 Å². The molecule has 0 unspecified atom stereocenters. The maximum absolute atomic E-state index is 7.28. The fraction of sp³-hybridized carbons (Fsp3) is 0.284. The van der Waals surface area contributed by atoms with Crippen LogP contribution in [0.25, 0.3) is 22.3 Å². The molecule has 3 heteroatoms. The van der Waals surface area contributed by atoms with E-state index in [4.69, 9.17) is 9.47 Å². The predicted molar refractivity (Wildman–Crippen MR) is 299 cm³/mol. The Bertz CT molecular complexity index is 3300. The Balaban J connectivity index is 1.30. The lowest BCUT2D eigenvalue weighted by Gasteiger charge is -2.39. The molecular formula is C67H70O2Si. The van der Waals surface area contributed by atoms with Crippen molar-refractivity contribution in [2.45, 2.75) is 125 Å². The van der Waals surface area contributed by atoms with Crippen molar-refractivity contribution in [3.05, 3.63) is 213 Å². The van der Waals surface area contributed by atoms with Gasteiger partial charge in [-0.25, -0.2) is 0 Å². The standard InChI is InChI=1S/C67H70O2Si/c1-15-45-29-35-55-59(39-45)69-63-57(67(55,13)14)34-28-44(4)61(63)51-41-49(31-37-53(51)65(8,9)10)70(46-22-18-16-19-23-46,47-24-20-17-21-25-47)48-30-36-52(64(5,6)7)50(40-48)60-43(3)27-33-56-62(60)68-58-38-42(2)26-32-54(58)66(56,11)12/h16-41H,15H2,1-14H3. The maximum atomic E-state index is 7.28. The summed E-state index contributed by atoms with van der Waals surface area (Å²) in [5, 5.41) is 5.33. The first-order valence-corrected chi connectivity index (χ1v) is 27.5. The zero-order chi connectivity index (χ0) is 49.7. The molecule has 0 atom stereocenters. The molecule has 0 saturated carbocycles. The molecule has 0 aromatic heterocycles. The minimum Gasteiger partial charge on any atom is -0.456 e. The summed E-state index contributed by atoms with van der Waals surface area (Å²) in [6.45, 7) is 32.4. The molecule has 8 aromatic carbocycles. The van der Waals surface area contributed by atoms with Crippen molar-refractivity contribution in [2.24, 2.45) is 0 Å².